The van der Waals surface area contributed by atoms with Gasteiger partial charge in [-0.3, -0.25) is 4.68 Å². The summed E-state index contributed by atoms with van der Waals surface area (Å²) in [5, 5.41) is 7.72. The SMILES string of the molecule is CCNC(CCOc1cccc(C)c1)c1ccnn1C. The van der Waals surface area contributed by atoms with Crippen molar-refractivity contribution in [1.29, 1.82) is 0 Å². The fourth-order valence-electron chi connectivity index (χ4n) is 2.33. The van der Waals surface area contributed by atoms with Crippen molar-refractivity contribution in [3.63, 3.8) is 0 Å². The van der Waals surface area contributed by atoms with Crippen LogP contribution in [0.2, 0.25) is 0 Å². The molecule has 2 rings (SSSR count). The number of ether oxygens (including phenoxy) is 1. The summed E-state index contributed by atoms with van der Waals surface area (Å²) in [6.07, 6.45) is 2.75. The van der Waals surface area contributed by atoms with E-state index in [1.54, 1.807) is 0 Å². The Kier molecular flexibility index (Phi) is 5.18. The van der Waals surface area contributed by atoms with E-state index in [4.69, 9.17) is 4.74 Å². The zero-order valence-corrected chi connectivity index (χ0v) is 12.5. The second-order valence-corrected chi connectivity index (χ2v) is 4.94. The molecule has 4 nitrogen and oxygen atoms in total. The van der Waals surface area contributed by atoms with Gasteiger partial charge in [-0.05, 0) is 37.2 Å². The number of nitrogens with one attached hydrogen (secondary N) is 1. The first-order chi connectivity index (χ1) is 9.70. The molecule has 0 spiro atoms. The van der Waals surface area contributed by atoms with E-state index in [0.717, 1.165) is 18.7 Å². The van der Waals surface area contributed by atoms with Crippen LogP contribution in [0.3, 0.4) is 0 Å². The molecule has 2 aromatic rings. The predicted molar refractivity (Wildman–Crippen MR) is 80.9 cm³/mol. The predicted octanol–water partition coefficient (Wildman–Crippen LogP) is 2.85. The van der Waals surface area contributed by atoms with Gasteiger partial charge in [0.1, 0.15) is 5.75 Å². The third kappa shape index (κ3) is 3.84. The van der Waals surface area contributed by atoms with E-state index in [2.05, 4.69) is 42.5 Å². The molecule has 1 unspecified atom stereocenters. The number of aromatic nitrogens is 2. The third-order valence-corrected chi connectivity index (χ3v) is 3.33. The van der Waals surface area contributed by atoms with Crippen LogP contribution in [-0.4, -0.2) is 22.9 Å². The molecule has 108 valence electrons. The molecular formula is C16H23N3O. The van der Waals surface area contributed by atoms with E-state index in [9.17, 15) is 0 Å². The highest BCUT2D eigenvalue weighted by molar-refractivity contribution is 5.27. The van der Waals surface area contributed by atoms with Crippen molar-refractivity contribution in [1.82, 2.24) is 15.1 Å². The highest BCUT2D eigenvalue weighted by atomic mass is 16.5. The summed E-state index contributed by atoms with van der Waals surface area (Å²) in [6.45, 7) is 5.81. The zero-order chi connectivity index (χ0) is 14.4. The molecule has 0 radical (unpaired) electrons. The third-order valence-electron chi connectivity index (χ3n) is 3.33. The van der Waals surface area contributed by atoms with Gasteiger partial charge in [-0.25, -0.2) is 0 Å². The quantitative estimate of drug-likeness (QED) is 0.843. The van der Waals surface area contributed by atoms with Crippen molar-refractivity contribution < 1.29 is 4.74 Å². The number of nitrogens with zero attached hydrogens (tertiary/aromatic N) is 2. The van der Waals surface area contributed by atoms with Crippen molar-refractivity contribution in [2.75, 3.05) is 13.2 Å². The molecule has 0 saturated carbocycles. The van der Waals surface area contributed by atoms with Crippen LogP contribution in [0.25, 0.3) is 0 Å². The van der Waals surface area contributed by atoms with Gasteiger partial charge in [0.15, 0.2) is 0 Å². The number of hydrogen-bond acceptors (Lipinski definition) is 3. The highest BCUT2D eigenvalue weighted by Crippen LogP contribution is 2.18. The Labute approximate surface area is 120 Å². The van der Waals surface area contributed by atoms with Crippen molar-refractivity contribution in [3.05, 3.63) is 47.8 Å². The van der Waals surface area contributed by atoms with Crippen LogP contribution < -0.4 is 10.1 Å². The minimum atomic E-state index is 0.275. The highest BCUT2D eigenvalue weighted by Gasteiger charge is 2.13. The fourth-order valence-corrected chi connectivity index (χ4v) is 2.33. The van der Waals surface area contributed by atoms with Gasteiger partial charge in [0.25, 0.3) is 0 Å². The maximum absolute atomic E-state index is 5.83. The average Bonchev–Trinajstić information content (AvgIpc) is 2.84. The topological polar surface area (TPSA) is 39.1 Å². The summed E-state index contributed by atoms with van der Waals surface area (Å²) in [4.78, 5) is 0. The lowest BCUT2D eigenvalue weighted by Crippen LogP contribution is -2.25. The molecule has 0 saturated heterocycles. The molecule has 0 amide bonds. The van der Waals surface area contributed by atoms with E-state index in [0.29, 0.717) is 6.61 Å². The van der Waals surface area contributed by atoms with Crippen molar-refractivity contribution in [3.8, 4) is 5.75 Å². The van der Waals surface area contributed by atoms with Gasteiger partial charge in [0.2, 0.25) is 0 Å². The molecule has 1 N–H and O–H groups in total. The molecule has 0 fully saturated rings. The summed E-state index contributed by atoms with van der Waals surface area (Å²) < 4.78 is 7.75. The van der Waals surface area contributed by atoms with Crippen molar-refractivity contribution in [2.45, 2.75) is 26.3 Å². The van der Waals surface area contributed by atoms with Gasteiger partial charge in [-0.1, -0.05) is 19.1 Å². The molecule has 0 aliphatic rings. The van der Waals surface area contributed by atoms with Gasteiger partial charge in [-0.2, -0.15) is 5.10 Å². The Morgan fingerprint density at radius 1 is 1.35 bits per heavy atom. The largest absolute Gasteiger partial charge is 0.494 e. The van der Waals surface area contributed by atoms with E-state index in [1.165, 1.54) is 11.3 Å². The van der Waals surface area contributed by atoms with Gasteiger partial charge in [0, 0.05) is 19.7 Å². The fraction of sp³-hybridized carbons (Fsp3) is 0.438. The number of rotatable bonds is 7. The van der Waals surface area contributed by atoms with Crippen LogP contribution in [-0.2, 0) is 7.05 Å². The number of aryl methyl sites for hydroxylation is 2. The van der Waals surface area contributed by atoms with Crippen molar-refractivity contribution in [2.24, 2.45) is 7.05 Å². The Balaban J connectivity index is 1.91. The molecule has 4 heteroatoms. The number of hydrogen-bond donors (Lipinski definition) is 1. The molecule has 0 bridgehead atoms. The van der Waals surface area contributed by atoms with E-state index in [1.807, 2.05) is 30.1 Å². The molecular weight excluding hydrogens is 250 g/mol. The summed E-state index contributed by atoms with van der Waals surface area (Å²) in [7, 11) is 1.97. The Morgan fingerprint density at radius 2 is 2.20 bits per heavy atom. The average molecular weight is 273 g/mol. The lowest BCUT2D eigenvalue weighted by molar-refractivity contribution is 0.284. The zero-order valence-electron chi connectivity index (χ0n) is 12.5. The first kappa shape index (κ1) is 14.6. The van der Waals surface area contributed by atoms with Gasteiger partial charge in [-0.15, -0.1) is 0 Å². The first-order valence-corrected chi connectivity index (χ1v) is 7.11. The van der Waals surface area contributed by atoms with Crippen LogP contribution in [0.1, 0.15) is 30.6 Å². The minimum Gasteiger partial charge on any atom is -0.494 e. The summed E-state index contributed by atoms with van der Waals surface area (Å²) >= 11 is 0. The summed E-state index contributed by atoms with van der Waals surface area (Å²) in [5.74, 6) is 0.935. The second kappa shape index (κ2) is 7.10. The van der Waals surface area contributed by atoms with Crippen LogP contribution in [0.15, 0.2) is 36.5 Å². The first-order valence-electron chi connectivity index (χ1n) is 7.11. The lowest BCUT2D eigenvalue weighted by atomic mass is 10.1. The molecule has 1 aromatic heterocycles. The lowest BCUT2D eigenvalue weighted by Gasteiger charge is -2.18. The number of benzene rings is 1. The van der Waals surface area contributed by atoms with E-state index < -0.39 is 0 Å². The monoisotopic (exact) mass is 273 g/mol. The van der Waals surface area contributed by atoms with E-state index >= 15 is 0 Å². The molecule has 1 aromatic carbocycles. The van der Waals surface area contributed by atoms with Crippen LogP contribution >= 0.6 is 0 Å². The second-order valence-electron chi connectivity index (χ2n) is 4.94. The molecule has 1 atom stereocenters. The minimum absolute atomic E-state index is 0.275. The van der Waals surface area contributed by atoms with Gasteiger partial charge in [0.05, 0.1) is 18.3 Å². The molecule has 0 aliphatic carbocycles. The van der Waals surface area contributed by atoms with Crippen LogP contribution in [0.5, 0.6) is 5.75 Å². The van der Waals surface area contributed by atoms with Gasteiger partial charge < -0.3 is 10.1 Å². The maximum atomic E-state index is 5.83. The molecule has 0 aliphatic heterocycles. The Hall–Kier alpha value is -1.81. The standard InChI is InChI=1S/C16H23N3O/c1-4-17-15(16-8-10-18-19(16)3)9-11-20-14-7-5-6-13(2)12-14/h5-8,10,12,15,17H,4,9,11H2,1-3H3. The summed E-state index contributed by atoms with van der Waals surface area (Å²) in [5.41, 5.74) is 2.41. The van der Waals surface area contributed by atoms with E-state index in [-0.39, 0.29) is 6.04 Å². The van der Waals surface area contributed by atoms with Crippen LogP contribution in [0.4, 0.5) is 0 Å². The normalized spacial score (nSPS) is 12.3. The Bertz CT molecular complexity index is 536. The maximum Gasteiger partial charge on any atom is 0.119 e. The molecule has 20 heavy (non-hydrogen) atoms. The van der Waals surface area contributed by atoms with Gasteiger partial charge >= 0.3 is 0 Å². The molecule has 1 heterocycles. The Morgan fingerprint density at radius 3 is 2.85 bits per heavy atom. The smallest absolute Gasteiger partial charge is 0.119 e. The summed E-state index contributed by atoms with van der Waals surface area (Å²) in [6, 6.07) is 10.5. The van der Waals surface area contributed by atoms with Crippen LogP contribution in [0, 0.1) is 6.92 Å². The van der Waals surface area contributed by atoms with Crippen molar-refractivity contribution >= 4 is 0 Å².